The van der Waals surface area contributed by atoms with E-state index in [9.17, 15) is 19.4 Å². The lowest BCUT2D eigenvalue weighted by atomic mass is 9.55. The molecule has 1 aromatic heterocycles. The zero-order valence-corrected chi connectivity index (χ0v) is 35.7. The van der Waals surface area contributed by atoms with E-state index in [1.165, 1.54) is 19.2 Å². The quantitative estimate of drug-likeness (QED) is 0.0508. The molecule has 2 heterocycles. The number of amides is 1. The van der Waals surface area contributed by atoms with Crippen LogP contribution in [-0.2, 0) is 34.1 Å². The van der Waals surface area contributed by atoms with Gasteiger partial charge < -0.3 is 34.0 Å². The summed E-state index contributed by atoms with van der Waals surface area (Å²) in [7, 11) is 1.34. The van der Waals surface area contributed by atoms with Gasteiger partial charge >= 0.3 is 6.09 Å². The predicted molar refractivity (Wildman–Crippen MR) is 234 cm³/mol. The lowest BCUT2D eigenvalue weighted by Crippen LogP contribution is -2.70. The van der Waals surface area contributed by atoms with Gasteiger partial charge in [-0.15, -0.1) is 6.58 Å². The average molecular weight is 848 g/mol. The monoisotopic (exact) mass is 847 g/mol. The zero-order valence-electron chi connectivity index (χ0n) is 35.7. The molecule has 0 unspecified atom stereocenters. The summed E-state index contributed by atoms with van der Waals surface area (Å²) in [6.45, 7) is 6.79. The molecule has 2 N–H and O–H groups in total. The van der Waals surface area contributed by atoms with E-state index in [0.717, 1.165) is 53.8 Å². The number of aryl methyl sites for hydroxylation is 1. The van der Waals surface area contributed by atoms with Crippen molar-refractivity contribution < 1.29 is 43.2 Å². The number of aromatic nitrogens is 1. The molecule has 3 aromatic carbocycles. The normalized spacial score (nSPS) is 23.0. The molecule has 1 aliphatic heterocycles. The minimum absolute atomic E-state index is 0.0194. The molecule has 1 fully saturated rings. The number of halogens is 1. The number of hydrogen-bond acceptors (Lipinski definition) is 10. The molecule has 0 saturated heterocycles. The Morgan fingerprint density at radius 2 is 1.74 bits per heavy atom. The summed E-state index contributed by atoms with van der Waals surface area (Å²) in [5.74, 6) is -1.36. The Kier molecular flexibility index (Phi) is 15.1. The molecule has 12 heteroatoms. The number of carbonyl (C=O) groups is 1. The standard InChI is InChI=1S/C50H58FN3O8/c1-4-27-60-50-46(54(49(57)58-3)31-35-19-21-38(51)22-20-35)30-44(53-61-32-36-14-6-5-7-15-36)42-28-37(16-8-10-25-55)41(18-9-11-26-56)47(48(42)50)43-29-40(23-24-45(43)62-50)59-33-39-17-12-13-34(2)52-39/h4-7,12-15,17,19-24,28-29,37,41,46-48,55-56H,1,8-11,16,18,25-27,30-33H2,2-3H3/t37-,41+,46-,47+,48+,50+/m0/s1. The number of ether oxygens (including phenoxy) is 4. The SMILES string of the molecule is C=CCO[C@@]12Oc3ccc(OCc4cccc(C)n4)cc3[C@H]3[C@H](CCCCO)[C@@H](CCCCO)C=C(C(=NOCc4ccccc4)C[C@@H]1N(Cc1ccc(F)cc1)C(=O)OC)[C@H]32. The highest BCUT2D eigenvalue weighted by Gasteiger charge is 2.65. The molecular weight excluding hydrogens is 790 g/mol. The van der Waals surface area contributed by atoms with Crippen molar-refractivity contribution in [1.29, 1.82) is 0 Å². The third kappa shape index (κ3) is 10.0. The first kappa shape index (κ1) is 44.5. The van der Waals surface area contributed by atoms with Gasteiger partial charge in [0.2, 0.25) is 5.79 Å². The molecule has 0 bridgehead atoms. The second kappa shape index (κ2) is 21.0. The van der Waals surface area contributed by atoms with Crippen molar-refractivity contribution in [1.82, 2.24) is 9.88 Å². The van der Waals surface area contributed by atoms with Crippen molar-refractivity contribution in [3.63, 3.8) is 0 Å². The number of rotatable bonds is 20. The number of fused-ring (bicyclic) bond motifs is 2. The van der Waals surface area contributed by atoms with Gasteiger partial charge in [-0.3, -0.25) is 9.88 Å². The van der Waals surface area contributed by atoms with E-state index >= 15 is 0 Å². The number of unbranched alkanes of at least 4 members (excludes halogenated alkanes) is 2. The molecule has 1 amide bonds. The van der Waals surface area contributed by atoms with Gasteiger partial charge in [0, 0.05) is 43.4 Å². The van der Waals surface area contributed by atoms with Gasteiger partial charge in [0.15, 0.2) is 0 Å². The number of hydrogen-bond donors (Lipinski definition) is 2. The Hall–Kier alpha value is -5.56. The molecule has 3 aliphatic rings. The maximum absolute atomic E-state index is 14.2. The van der Waals surface area contributed by atoms with Crippen LogP contribution in [0.5, 0.6) is 11.5 Å². The molecule has 0 spiro atoms. The number of benzene rings is 3. The first-order valence-corrected chi connectivity index (χ1v) is 21.7. The highest BCUT2D eigenvalue weighted by atomic mass is 19.1. The van der Waals surface area contributed by atoms with Gasteiger partial charge in [-0.05, 0) is 104 Å². The number of pyridine rings is 1. The van der Waals surface area contributed by atoms with Crippen LogP contribution < -0.4 is 9.47 Å². The van der Waals surface area contributed by atoms with E-state index in [1.54, 1.807) is 23.1 Å². The lowest BCUT2D eigenvalue weighted by Gasteiger charge is -2.59. The van der Waals surface area contributed by atoms with Crippen LogP contribution in [0.4, 0.5) is 9.18 Å². The van der Waals surface area contributed by atoms with Crippen molar-refractivity contribution in [2.45, 2.75) is 89.4 Å². The van der Waals surface area contributed by atoms with Crippen molar-refractivity contribution in [2.24, 2.45) is 22.9 Å². The number of nitrogens with zero attached hydrogens (tertiary/aromatic N) is 3. The molecule has 0 radical (unpaired) electrons. The van der Waals surface area contributed by atoms with Crippen LogP contribution in [0.25, 0.3) is 0 Å². The topological polar surface area (TPSA) is 132 Å². The van der Waals surface area contributed by atoms with Gasteiger partial charge in [0.25, 0.3) is 0 Å². The predicted octanol–water partition coefficient (Wildman–Crippen LogP) is 9.21. The molecule has 2 aliphatic carbocycles. The van der Waals surface area contributed by atoms with E-state index in [0.29, 0.717) is 35.6 Å². The van der Waals surface area contributed by atoms with E-state index < -0.39 is 29.7 Å². The molecule has 328 valence electrons. The van der Waals surface area contributed by atoms with Gasteiger partial charge in [-0.2, -0.15) is 0 Å². The molecule has 6 atom stereocenters. The maximum Gasteiger partial charge on any atom is 0.410 e. The van der Waals surface area contributed by atoms with Gasteiger partial charge in [-0.1, -0.05) is 78.7 Å². The summed E-state index contributed by atoms with van der Waals surface area (Å²) < 4.78 is 40.5. The molecule has 62 heavy (non-hydrogen) atoms. The van der Waals surface area contributed by atoms with Crippen LogP contribution in [0.2, 0.25) is 0 Å². The largest absolute Gasteiger partial charge is 0.487 e. The molecule has 4 aromatic rings. The fourth-order valence-corrected chi connectivity index (χ4v) is 9.54. The van der Waals surface area contributed by atoms with Crippen LogP contribution in [0.15, 0.2) is 120 Å². The fourth-order valence-electron chi connectivity index (χ4n) is 9.54. The molecule has 7 rings (SSSR count). The average Bonchev–Trinajstić information content (AvgIpc) is 3.29. The zero-order chi connectivity index (χ0) is 43.5. The number of oxime groups is 1. The van der Waals surface area contributed by atoms with Crippen LogP contribution in [0.3, 0.4) is 0 Å². The Bertz CT molecular complexity index is 2180. The maximum atomic E-state index is 14.2. The fraction of sp³-hybridized carbons (Fsp3) is 0.420. The Labute approximate surface area is 363 Å². The van der Waals surface area contributed by atoms with Gasteiger partial charge in [0.05, 0.1) is 31.0 Å². The van der Waals surface area contributed by atoms with Crippen molar-refractivity contribution >= 4 is 11.8 Å². The lowest BCUT2D eigenvalue weighted by molar-refractivity contribution is -0.256. The van der Waals surface area contributed by atoms with E-state index in [2.05, 4.69) is 23.7 Å². The smallest absolute Gasteiger partial charge is 0.410 e. The van der Waals surface area contributed by atoms with E-state index in [-0.39, 0.29) is 63.8 Å². The molecule has 11 nitrogen and oxygen atoms in total. The third-order valence-corrected chi connectivity index (χ3v) is 12.3. The summed E-state index contributed by atoms with van der Waals surface area (Å²) in [6, 6.07) is 26.7. The second-order valence-corrected chi connectivity index (χ2v) is 16.3. The summed E-state index contributed by atoms with van der Waals surface area (Å²) in [6.07, 6.45) is 8.01. The van der Waals surface area contributed by atoms with Crippen LogP contribution >= 0.6 is 0 Å². The minimum Gasteiger partial charge on any atom is -0.487 e. The number of aliphatic hydroxyl groups is 2. The highest BCUT2D eigenvalue weighted by Crippen LogP contribution is 2.62. The minimum atomic E-state index is -1.50. The van der Waals surface area contributed by atoms with Gasteiger partial charge in [-0.25, -0.2) is 9.18 Å². The second-order valence-electron chi connectivity index (χ2n) is 16.3. The summed E-state index contributed by atoms with van der Waals surface area (Å²) in [4.78, 5) is 26.6. The van der Waals surface area contributed by atoms with Crippen molar-refractivity contribution in [3.05, 3.63) is 149 Å². The van der Waals surface area contributed by atoms with Crippen molar-refractivity contribution in [2.75, 3.05) is 26.9 Å². The first-order chi connectivity index (χ1) is 30.3. The number of allylic oxidation sites excluding steroid dienone is 1. The highest BCUT2D eigenvalue weighted by molar-refractivity contribution is 6.03. The van der Waals surface area contributed by atoms with Crippen LogP contribution in [0, 0.1) is 30.5 Å². The summed E-state index contributed by atoms with van der Waals surface area (Å²) in [5.41, 5.74) is 5.83. The Morgan fingerprint density at radius 3 is 2.47 bits per heavy atom. The molecule has 1 saturated carbocycles. The summed E-state index contributed by atoms with van der Waals surface area (Å²) >= 11 is 0. The third-order valence-electron chi connectivity index (χ3n) is 12.3. The number of methoxy groups -OCH3 is 1. The first-order valence-electron chi connectivity index (χ1n) is 21.7. The van der Waals surface area contributed by atoms with Crippen molar-refractivity contribution in [3.8, 4) is 11.5 Å². The number of carbonyl (C=O) groups excluding carboxylic acids is 1. The van der Waals surface area contributed by atoms with Crippen LogP contribution in [0.1, 0.15) is 78.9 Å². The summed E-state index contributed by atoms with van der Waals surface area (Å²) in [5, 5.41) is 24.8. The molecular formula is C50H58FN3O8. The van der Waals surface area contributed by atoms with E-state index in [4.69, 9.17) is 28.9 Å². The Morgan fingerprint density at radius 1 is 0.968 bits per heavy atom. The van der Waals surface area contributed by atoms with Crippen LogP contribution in [-0.4, -0.2) is 70.7 Å². The van der Waals surface area contributed by atoms with E-state index in [1.807, 2.05) is 67.6 Å². The van der Waals surface area contributed by atoms with Gasteiger partial charge in [0.1, 0.15) is 36.6 Å². The Balaban J connectivity index is 1.42. The number of aliphatic hydroxyl groups excluding tert-OH is 2.